The lowest BCUT2D eigenvalue weighted by Gasteiger charge is -2.30. The van der Waals surface area contributed by atoms with Gasteiger partial charge in [-0.1, -0.05) is 11.6 Å². The van der Waals surface area contributed by atoms with Crippen LogP contribution in [0.25, 0.3) is 0 Å². The lowest BCUT2D eigenvalue weighted by Crippen LogP contribution is -2.39. The van der Waals surface area contributed by atoms with Crippen molar-refractivity contribution in [3.05, 3.63) is 28.8 Å². The van der Waals surface area contributed by atoms with Crippen molar-refractivity contribution in [3.63, 3.8) is 0 Å². The van der Waals surface area contributed by atoms with Gasteiger partial charge in [0.05, 0.1) is 5.56 Å². The molecule has 0 atom stereocenters. The van der Waals surface area contributed by atoms with Crippen LogP contribution in [0.2, 0.25) is 5.02 Å². The SMILES string of the molecule is CC(C)N(CCOc1ccc(Cl)cc1C#N)C(C)C. The number of halogens is 1. The number of rotatable bonds is 6. The van der Waals surface area contributed by atoms with Gasteiger partial charge in [0.15, 0.2) is 0 Å². The van der Waals surface area contributed by atoms with Crippen LogP contribution in [0, 0.1) is 11.3 Å². The molecule has 0 aliphatic heterocycles. The molecule has 1 aromatic rings. The summed E-state index contributed by atoms with van der Waals surface area (Å²) in [6.07, 6.45) is 0. The van der Waals surface area contributed by atoms with Crippen LogP contribution < -0.4 is 4.74 Å². The standard InChI is InChI=1S/C15H21ClN2O/c1-11(2)18(12(3)4)7-8-19-15-6-5-14(16)9-13(15)10-17/h5-6,9,11-12H,7-8H2,1-4H3. The van der Waals surface area contributed by atoms with E-state index in [9.17, 15) is 0 Å². The molecule has 0 aromatic heterocycles. The van der Waals surface area contributed by atoms with Crippen molar-refractivity contribution < 1.29 is 4.74 Å². The fraction of sp³-hybridized carbons (Fsp3) is 0.533. The van der Waals surface area contributed by atoms with Crippen LogP contribution in [0.1, 0.15) is 33.3 Å². The summed E-state index contributed by atoms with van der Waals surface area (Å²) in [7, 11) is 0. The Labute approximate surface area is 120 Å². The summed E-state index contributed by atoms with van der Waals surface area (Å²) in [6.45, 7) is 10.1. The summed E-state index contributed by atoms with van der Waals surface area (Å²) in [6, 6.07) is 8.16. The molecule has 3 nitrogen and oxygen atoms in total. The Bertz CT molecular complexity index is 444. The van der Waals surface area contributed by atoms with Gasteiger partial charge in [0, 0.05) is 23.7 Å². The number of nitrogens with zero attached hydrogens (tertiary/aromatic N) is 2. The first-order valence-corrected chi connectivity index (χ1v) is 6.91. The predicted octanol–water partition coefficient (Wildman–Crippen LogP) is 3.71. The third-order valence-corrected chi connectivity index (χ3v) is 3.23. The topological polar surface area (TPSA) is 36.3 Å². The molecule has 0 unspecified atom stereocenters. The largest absolute Gasteiger partial charge is 0.491 e. The molecule has 1 aromatic carbocycles. The van der Waals surface area contributed by atoms with E-state index in [0.29, 0.717) is 35.0 Å². The van der Waals surface area contributed by atoms with Gasteiger partial charge in [0.2, 0.25) is 0 Å². The molecule has 0 aliphatic carbocycles. The first kappa shape index (κ1) is 15.8. The van der Waals surface area contributed by atoms with E-state index in [1.807, 2.05) is 0 Å². The van der Waals surface area contributed by atoms with E-state index in [2.05, 4.69) is 38.7 Å². The molecule has 1 rings (SSSR count). The van der Waals surface area contributed by atoms with Gasteiger partial charge in [-0.2, -0.15) is 5.26 Å². The highest BCUT2D eigenvalue weighted by Gasteiger charge is 2.13. The quantitative estimate of drug-likeness (QED) is 0.797. The zero-order valence-corrected chi connectivity index (χ0v) is 12.7. The highest BCUT2D eigenvalue weighted by atomic mass is 35.5. The summed E-state index contributed by atoms with van der Waals surface area (Å²) in [5.74, 6) is 0.597. The molecule has 0 heterocycles. The number of nitriles is 1. The minimum absolute atomic E-state index is 0.476. The van der Waals surface area contributed by atoms with Gasteiger partial charge >= 0.3 is 0 Å². The molecule has 0 radical (unpaired) electrons. The minimum atomic E-state index is 0.476. The van der Waals surface area contributed by atoms with Crippen molar-refractivity contribution in [2.45, 2.75) is 39.8 Å². The van der Waals surface area contributed by atoms with Crippen LogP contribution in [0.5, 0.6) is 5.75 Å². The molecule has 0 bridgehead atoms. The molecule has 19 heavy (non-hydrogen) atoms. The lowest BCUT2D eigenvalue weighted by molar-refractivity contribution is 0.142. The summed E-state index contributed by atoms with van der Waals surface area (Å²) >= 11 is 5.85. The fourth-order valence-electron chi connectivity index (χ4n) is 2.09. The van der Waals surface area contributed by atoms with Crippen LogP contribution >= 0.6 is 11.6 Å². The number of benzene rings is 1. The Kier molecular flexibility index (Phi) is 6.14. The summed E-state index contributed by atoms with van der Waals surface area (Å²) in [4.78, 5) is 2.35. The number of hydrogen-bond donors (Lipinski definition) is 0. The van der Waals surface area contributed by atoms with Gasteiger partial charge < -0.3 is 4.74 Å². The highest BCUT2D eigenvalue weighted by molar-refractivity contribution is 6.30. The van der Waals surface area contributed by atoms with Gasteiger partial charge in [-0.05, 0) is 45.9 Å². The molecule has 0 N–H and O–H groups in total. The Balaban J connectivity index is 2.60. The molecule has 0 spiro atoms. The average Bonchev–Trinajstić information content (AvgIpc) is 2.34. The van der Waals surface area contributed by atoms with E-state index in [-0.39, 0.29) is 0 Å². The Morgan fingerprint density at radius 1 is 1.26 bits per heavy atom. The zero-order chi connectivity index (χ0) is 14.4. The zero-order valence-electron chi connectivity index (χ0n) is 12.0. The smallest absolute Gasteiger partial charge is 0.137 e. The van der Waals surface area contributed by atoms with Crippen LogP contribution in [0.3, 0.4) is 0 Å². The van der Waals surface area contributed by atoms with Gasteiger partial charge in [0.1, 0.15) is 18.4 Å². The predicted molar refractivity (Wildman–Crippen MR) is 78.6 cm³/mol. The summed E-state index contributed by atoms with van der Waals surface area (Å²) in [5.41, 5.74) is 0.480. The van der Waals surface area contributed by atoms with E-state index in [1.165, 1.54) is 0 Å². The minimum Gasteiger partial charge on any atom is -0.491 e. The van der Waals surface area contributed by atoms with Crippen molar-refractivity contribution >= 4 is 11.6 Å². The van der Waals surface area contributed by atoms with Gasteiger partial charge in [-0.3, -0.25) is 4.90 Å². The van der Waals surface area contributed by atoms with Crippen molar-refractivity contribution in [3.8, 4) is 11.8 Å². The Morgan fingerprint density at radius 2 is 1.89 bits per heavy atom. The molecular weight excluding hydrogens is 260 g/mol. The molecule has 0 aliphatic rings. The first-order chi connectivity index (χ1) is 8.95. The second kappa shape index (κ2) is 7.37. The number of hydrogen-bond acceptors (Lipinski definition) is 3. The van der Waals surface area contributed by atoms with Gasteiger partial charge in [-0.15, -0.1) is 0 Å². The average molecular weight is 281 g/mol. The first-order valence-electron chi connectivity index (χ1n) is 6.54. The highest BCUT2D eigenvalue weighted by Crippen LogP contribution is 2.22. The summed E-state index contributed by atoms with van der Waals surface area (Å²) < 4.78 is 5.69. The molecule has 4 heteroatoms. The van der Waals surface area contributed by atoms with E-state index in [0.717, 1.165) is 6.54 Å². The summed E-state index contributed by atoms with van der Waals surface area (Å²) in [5, 5.41) is 9.58. The van der Waals surface area contributed by atoms with Crippen LogP contribution in [-0.4, -0.2) is 30.1 Å². The van der Waals surface area contributed by atoms with Gasteiger partial charge in [0.25, 0.3) is 0 Å². The van der Waals surface area contributed by atoms with Crippen LogP contribution in [0.4, 0.5) is 0 Å². The molecule has 0 saturated carbocycles. The molecular formula is C15H21ClN2O. The Morgan fingerprint density at radius 3 is 2.42 bits per heavy atom. The second-order valence-electron chi connectivity index (χ2n) is 5.03. The van der Waals surface area contributed by atoms with E-state index in [4.69, 9.17) is 21.6 Å². The maximum Gasteiger partial charge on any atom is 0.137 e. The van der Waals surface area contributed by atoms with Crippen LogP contribution in [-0.2, 0) is 0 Å². The van der Waals surface area contributed by atoms with E-state index in [1.54, 1.807) is 18.2 Å². The van der Waals surface area contributed by atoms with Gasteiger partial charge in [-0.25, -0.2) is 0 Å². The van der Waals surface area contributed by atoms with Crippen molar-refractivity contribution in [2.24, 2.45) is 0 Å². The van der Waals surface area contributed by atoms with Crippen molar-refractivity contribution in [2.75, 3.05) is 13.2 Å². The van der Waals surface area contributed by atoms with Crippen molar-refractivity contribution in [1.82, 2.24) is 4.90 Å². The van der Waals surface area contributed by atoms with Crippen LogP contribution in [0.15, 0.2) is 18.2 Å². The van der Waals surface area contributed by atoms with Crippen molar-refractivity contribution in [1.29, 1.82) is 5.26 Å². The maximum atomic E-state index is 9.03. The monoisotopic (exact) mass is 280 g/mol. The molecule has 0 fully saturated rings. The van der Waals surface area contributed by atoms with E-state index >= 15 is 0 Å². The molecule has 104 valence electrons. The lowest BCUT2D eigenvalue weighted by atomic mass is 10.2. The molecule has 0 saturated heterocycles. The fourth-order valence-corrected chi connectivity index (χ4v) is 2.26. The maximum absolute atomic E-state index is 9.03. The third-order valence-electron chi connectivity index (χ3n) is 3.00. The normalized spacial score (nSPS) is 11.1. The Hall–Kier alpha value is -1.24. The third kappa shape index (κ3) is 4.74. The number of ether oxygens (including phenoxy) is 1. The molecule has 0 amide bonds. The van der Waals surface area contributed by atoms with E-state index < -0.39 is 0 Å². The second-order valence-corrected chi connectivity index (χ2v) is 5.46.